The standard InChI is InChI=1S/C16H18BrNO2S/c1-16(2,3)12-7-9-15(10-8-12)21(19,20)18-14-6-4-5-13(17)11-14/h4-11,18H,1-3H3. The van der Waals surface area contributed by atoms with Crippen LogP contribution >= 0.6 is 15.9 Å². The first-order valence-corrected chi connectivity index (χ1v) is 8.85. The van der Waals surface area contributed by atoms with E-state index in [0.717, 1.165) is 10.0 Å². The Morgan fingerprint density at radius 3 is 2.14 bits per heavy atom. The fraction of sp³-hybridized carbons (Fsp3) is 0.250. The third-order valence-electron chi connectivity index (χ3n) is 3.11. The zero-order valence-corrected chi connectivity index (χ0v) is 14.6. The number of nitrogens with one attached hydrogen (secondary N) is 1. The molecule has 0 bridgehead atoms. The topological polar surface area (TPSA) is 46.2 Å². The summed E-state index contributed by atoms with van der Waals surface area (Å²) in [6.45, 7) is 6.28. The average Bonchev–Trinajstić information content (AvgIpc) is 2.37. The van der Waals surface area contributed by atoms with Gasteiger partial charge in [-0.1, -0.05) is 54.9 Å². The van der Waals surface area contributed by atoms with Crippen molar-refractivity contribution in [2.45, 2.75) is 31.1 Å². The van der Waals surface area contributed by atoms with E-state index in [1.54, 1.807) is 30.3 Å². The Balaban J connectivity index is 2.28. The largest absolute Gasteiger partial charge is 0.280 e. The second kappa shape index (κ2) is 5.81. The van der Waals surface area contributed by atoms with Crippen LogP contribution < -0.4 is 4.72 Å². The van der Waals surface area contributed by atoms with Gasteiger partial charge in [-0.25, -0.2) is 8.42 Å². The minimum Gasteiger partial charge on any atom is -0.280 e. The van der Waals surface area contributed by atoms with Crippen molar-refractivity contribution in [1.29, 1.82) is 0 Å². The molecule has 5 heteroatoms. The smallest absolute Gasteiger partial charge is 0.261 e. The molecule has 0 fully saturated rings. The molecule has 0 spiro atoms. The highest BCUT2D eigenvalue weighted by molar-refractivity contribution is 9.10. The lowest BCUT2D eigenvalue weighted by atomic mass is 9.87. The molecule has 3 nitrogen and oxygen atoms in total. The van der Waals surface area contributed by atoms with Crippen molar-refractivity contribution in [2.75, 3.05) is 4.72 Å². The van der Waals surface area contributed by atoms with Crippen molar-refractivity contribution in [3.63, 3.8) is 0 Å². The van der Waals surface area contributed by atoms with Gasteiger partial charge in [-0.3, -0.25) is 4.72 Å². The van der Waals surface area contributed by atoms with E-state index in [-0.39, 0.29) is 10.3 Å². The average molecular weight is 368 g/mol. The van der Waals surface area contributed by atoms with Gasteiger partial charge < -0.3 is 0 Å². The van der Waals surface area contributed by atoms with E-state index in [1.165, 1.54) is 0 Å². The quantitative estimate of drug-likeness (QED) is 0.864. The number of halogens is 1. The first-order valence-electron chi connectivity index (χ1n) is 6.57. The third-order valence-corrected chi connectivity index (χ3v) is 5.00. The van der Waals surface area contributed by atoms with E-state index in [9.17, 15) is 8.42 Å². The molecule has 0 aromatic heterocycles. The SMILES string of the molecule is CC(C)(C)c1ccc(S(=O)(=O)Nc2cccc(Br)c2)cc1. The summed E-state index contributed by atoms with van der Waals surface area (Å²) in [5, 5.41) is 0. The van der Waals surface area contributed by atoms with Crippen LogP contribution in [0.2, 0.25) is 0 Å². The fourth-order valence-corrected chi connectivity index (χ4v) is 3.35. The van der Waals surface area contributed by atoms with Crippen LogP contribution in [-0.2, 0) is 15.4 Å². The van der Waals surface area contributed by atoms with Gasteiger partial charge in [0.25, 0.3) is 10.0 Å². The number of anilines is 1. The number of sulfonamides is 1. The normalized spacial score (nSPS) is 12.2. The van der Waals surface area contributed by atoms with Crippen molar-refractivity contribution in [1.82, 2.24) is 0 Å². The summed E-state index contributed by atoms with van der Waals surface area (Å²) in [5.41, 5.74) is 1.63. The Kier molecular flexibility index (Phi) is 4.44. The summed E-state index contributed by atoms with van der Waals surface area (Å²) >= 11 is 3.32. The maximum absolute atomic E-state index is 12.3. The molecule has 2 aromatic carbocycles. The summed E-state index contributed by atoms with van der Waals surface area (Å²) in [4.78, 5) is 0.260. The van der Waals surface area contributed by atoms with Crippen molar-refractivity contribution >= 4 is 31.6 Å². The van der Waals surface area contributed by atoms with Gasteiger partial charge in [0.15, 0.2) is 0 Å². The van der Waals surface area contributed by atoms with E-state index >= 15 is 0 Å². The Morgan fingerprint density at radius 2 is 1.62 bits per heavy atom. The Labute approximate surface area is 134 Å². The van der Waals surface area contributed by atoms with Crippen molar-refractivity contribution < 1.29 is 8.42 Å². The van der Waals surface area contributed by atoms with Gasteiger partial charge >= 0.3 is 0 Å². The van der Waals surface area contributed by atoms with Gasteiger partial charge in [0.2, 0.25) is 0 Å². The van der Waals surface area contributed by atoms with Crippen molar-refractivity contribution in [3.05, 3.63) is 58.6 Å². The molecule has 0 saturated heterocycles. The minimum atomic E-state index is -3.56. The summed E-state index contributed by atoms with van der Waals surface area (Å²) < 4.78 is 28.1. The van der Waals surface area contributed by atoms with E-state index in [4.69, 9.17) is 0 Å². The Morgan fingerprint density at radius 1 is 1.00 bits per heavy atom. The van der Waals surface area contributed by atoms with E-state index in [2.05, 4.69) is 41.4 Å². The molecule has 0 heterocycles. The molecule has 0 atom stereocenters. The van der Waals surface area contributed by atoms with Crippen LogP contribution in [0.25, 0.3) is 0 Å². The summed E-state index contributed by atoms with van der Waals surface area (Å²) in [7, 11) is -3.56. The predicted molar refractivity (Wildman–Crippen MR) is 90.1 cm³/mol. The van der Waals surface area contributed by atoms with Gasteiger partial charge in [-0.05, 0) is 41.3 Å². The Hall–Kier alpha value is -1.33. The highest BCUT2D eigenvalue weighted by Gasteiger charge is 2.17. The molecule has 112 valence electrons. The molecule has 21 heavy (non-hydrogen) atoms. The van der Waals surface area contributed by atoms with Gasteiger partial charge in [0.05, 0.1) is 4.90 Å². The molecule has 0 unspecified atom stereocenters. The van der Waals surface area contributed by atoms with Crippen LogP contribution in [0, 0.1) is 0 Å². The van der Waals surface area contributed by atoms with Crippen LogP contribution in [0.1, 0.15) is 26.3 Å². The van der Waals surface area contributed by atoms with E-state index < -0.39 is 10.0 Å². The molecule has 1 N–H and O–H groups in total. The molecule has 0 saturated carbocycles. The van der Waals surface area contributed by atoms with Gasteiger partial charge in [0.1, 0.15) is 0 Å². The van der Waals surface area contributed by atoms with E-state index in [0.29, 0.717) is 5.69 Å². The zero-order chi connectivity index (χ0) is 15.7. The monoisotopic (exact) mass is 367 g/mol. The molecule has 2 rings (SSSR count). The zero-order valence-electron chi connectivity index (χ0n) is 12.2. The maximum atomic E-state index is 12.3. The van der Waals surface area contributed by atoms with E-state index in [1.807, 2.05) is 18.2 Å². The third kappa shape index (κ3) is 4.08. The fourth-order valence-electron chi connectivity index (χ4n) is 1.90. The lowest BCUT2D eigenvalue weighted by molar-refractivity contribution is 0.587. The highest BCUT2D eigenvalue weighted by atomic mass is 79.9. The molecule has 0 radical (unpaired) electrons. The highest BCUT2D eigenvalue weighted by Crippen LogP contribution is 2.24. The van der Waals surface area contributed by atoms with Crippen LogP contribution in [-0.4, -0.2) is 8.42 Å². The predicted octanol–water partition coefficient (Wildman–Crippen LogP) is 4.55. The summed E-state index contributed by atoms with van der Waals surface area (Å²) in [5.74, 6) is 0. The molecule has 0 aliphatic carbocycles. The lowest BCUT2D eigenvalue weighted by Crippen LogP contribution is -2.14. The first-order chi connectivity index (χ1) is 9.68. The first kappa shape index (κ1) is 16.0. The molecular formula is C16H18BrNO2S. The van der Waals surface area contributed by atoms with Crippen LogP contribution in [0.5, 0.6) is 0 Å². The molecule has 2 aromatic rings. The van der Waals surface area contributed by atoms with Gasteiger partial charge in [0, 0.05) is 10.2 Å². The summed E-state index contributed by atoms with van der Waals surface area (Å²) in [6.07, 6.45) is 0. The van der Waals surface area contributed by atoms with Gasteiger partial charge in [-0.15, -0.1) is 0 Å². The number of rotatable bonds is 3. The molecule has 0 amide bonds. The number of hydrogen-bond donors (Lipinski definition) is 1. The van der Waals surface area contributed by atoms with Gasteiger partial charge in [-0.2, -0.15) is 0 Å². The second-order valence-corrected chi connectivity index (χ2v) is 8.49. The Bertz CT molecular complexity index is 732. The minimum absolute atomic E-state index is 0.0000145. The van der Waals surface area contributed by atoms with Crippen molar-refractivity contribution in [2.24, 2.45) is 0 Å². The van der Waals surface area contributed by atoms with Crippen molar-refractivity contribution in [3.8, 4) is 0 Å². The lowest BCUT2D eigenvalue weighted by Gasteiger charge is -2.19. The van der Waals surface area contributed by atoms with Crippen LogP contribution in [0.15, 0.2) is 57.9 Å². The van der Waals surface area contributed by atoms with Crippen LogP contribution in [0.3, 0.4) is 0 Å². The molecule has 0 aliphatic rings. The summed E-state index contributed by atoms with van der Waals surface area (Å²) in [6, 6.07) is 14.1. The second-order valence-electron chi connectivity index (χ2n) is 5.89. The maximum Gasteiger partial charge on any atom is 0.261 e. The molecular weight excluding hydrogens is 350 g/mol. The van der Waals surface area contributed by atoms with Crippen LogP contribution in [0.4, 0.5) is 5.69 Å². The molecule has 0 aliphatic heterocycles. The number of benzene rings is 2. The number of hydrogen-bond acceptors (Lipinski definition) is 2.